The Labute approximate surface area is 203 Å². The highest BCUT2D eigenvalue weighted by Gasteiger charge is 2.25. The van der Waals surface area contributed by atoms with Crippen LogP contribution in [0.5, 0.6) is 0 Å². The van der Waals surface area contributed by atoms with Crippen molar-refractivity contribution < 1.29 is 4.79 Å². The number of carbonyl (C=O) groups excluding carboxylic acids is 1. The zero-order chi connectivity index (χ0) is 23.9. The Balaban J connectivity index is 1.34. The van der Waals surface area contributed by atoms with Crippen molar-refractivity contribution in [1.82, 2.24) is 28.6 Å². The summed E-state index contributed by atoms with van der Waals surface area (Å²) in [6, 6.07) is 9.78. The predicted octanol–water partition coefficient (Wildman–Crippen LogP) is 2.43. The second kappa shape index (κ2) is 8.72. The lowest BCUT2D eigenvalue weighted by Gasteiger charge is -2.28. The molecule has 0 aliphatic carbocycles. The van der Waals surface area contributed by atoms with E-state index < -0.39 is 0 Å². The van der Waals surface area contributed by atoms with Gasteiger partial charge in [-0.05, 0) is 38.0 Å². The first-order valence-corrected chi connectivity index (χ1v) is 12.3. The fourth-order valence-corrected chi connectivity index (χ4v) is 5.24. The Kier molecular flexibility index (Phi) is 5.39. The molecule has 4 aromatic rings. The van der Waals surface area contributed by atoms with Crippen molar-refractivity contribution >= 4 is 22.6 Å². The minimum absolute atomic E-state index is 0.0365. The minimum Gasteiger partial charge on any atom is -0.382 e. The topological polar surface area (TPSA) is 90.0 Å². The van der Waals surface area contributed by atoms with Gasteiger partial charge in [0.15, 0.2) is 0 Å². The van der Waals surface area contributed by atoms with E-state index in [2.05, 4.69) is 33.9 Å². The summed E-state index contributed by atoms with van der Waals surface area (Å²) >= 11 is 0. The van der Waals surface area contributed by atoms with Crippen molar-refractivity contribution in [3.05, 3.63) is 76.5 Å². The maximum atomic E-state index is 13.4. The highest BCUT2D eigenvalue weighted by Crippen LogP contribution is 2.32. The average molecular weight is 472 g/mol. The van der Waals surface area contributed by atoms with E-state index in [9.17, 15) is 9.59 Å². The van der Waals surface area contributed by atoms with Crippen molar-refractivity contribution in [3.63, 3.8) is 0 Å². The number of nitrogens with one attached hydrogen (secondary N) is 1. The number of hydrogen-bond acceptors (Lipinski definition) is 5. The van der Waals surface area contributed by atoms with Gasteiger partial charge >= 0.3 is 0 Å². The Morgan fingerprint density at radius 2 is 2.09 bits per heavy atom. The van der Waals surface area contributed by atoms with Crippen molar-refractivity contribution in [3.8, 4) is 0 Å². The minimum atomic E-state index is -0.0365. The summed E-state index contributed by atoms with van der Waals surface area (Å²) in [4.78, 5) is 37.0. The molecule has 0 radical (unpaired) electrons. The first kappa shape index (κ1) is 21.6. The summed E-state index contributed by atoms with van der Waals surface area (Å²) in [7, 11) is 0. The third-order valence-electron chi connectivity index (χ3n) is 7.20. The molecule has 180 valence electrons. The van der Waals surface area contributed by atoms with E-state index in [0.717, 1.165) is 47.8 Å². The second-order valence-corrected chi connectivity index (χ2v) is 9.49. The van der Waals surface area contributed by atoms with Gasteiger partial charge < -0.3 is 23.9 Å². The Morgan fingerprint density at radius 3 is 2.97 bits per heavy atom. The van der Waals surface area contributed by atoms with E-state index in [1.54, 1.807) is 29.1 Å². The molecule has 6 rings (SSSR count). The van der Waals surface area contributed by atoms with Crippen LogP contribution in [0.1, 0.15) is 30.6 Å². The van der Waals surface area contributed by atoms with Gasteiger partial charge in [0.2, 0.25) is 5.91 Å². The molecular formula is C26H29N7O2. The molecule has 9 heteroatoms. The number of imidazole rings is 2. The van der Waals surface area contributed by atoms with Gasteiger partial charge in [-0.3, -0.25) is 9.59 Å². The molecule has 9 nitrogen and oxygen atoms in total. The van der Waals surface area contributed by atoms with Gasteiger partial charge in [0, 0.05) is 68.0 Å². The quantitative estimate of drug-likeness (QED) is 0.483. The molecule has 0 spiro atoms. The van der Waals surface area contributed by atoms with Gasteiger partial charge in [-0.2, -0.15) is 0 Å². The highest BCUT2D eigenvalue weighted by atomic mass is 16.2. The van der Waals surface area contributed by atoms with Gasteiger partial charge in [0.05, 0.1) is 17.6 Å². The third-order valence-corrected chi connectivity index (χ3v) is 7.20. The van der Waals surface area contributed by atoms with E-state index >= 15 is 0 Å². The molecule has 3 aromatic heterocycles. The lowest BCUT2D eigenvalue weighted by Crippen LogP contribution is -2.40. The number of anilines is 1. The molecule has 0 bridgehead atoms. The van der Waals surface area contributed by atoms with Crippen LogP contribution >= 0.6 is 0 Å². The number of benzene rings is 1. The number of fused-ring (bicyclic) bond motifs is 4. The SMILES string of the molecule is C[C@H]1CCc2c(ccc3c2nc(CCn2ccccc2=O)n3CC(=O)N2CCn3ccnc3C2)N1. The molecule has 1 atom stereocenters. The molecule has 1 N–H and O–H groups in total. The maximum Gasteiger partial charge on any atom is 0.250 e. The molecule has 5 heterocycles. The van der Waals surface area contributed by atoms with Crippen LogP contribution in [-0.2, 0) is 43.8 Å². The summed E-state index contributed by atoms with van der Waals surface area (Å²) in [5, 5.41) is 3.57. The first-order chi connectivity index (χ1) is 17.1. The van der Waals surface area contributed by atoms with Gasteiger partial charge in [-0.1, -0.05) is 6.07 Å². The van der Waals surface area contributed by atoms with Crippen molar-refractivity contribution in [2.24, 2.45) is 0 Å². The largest absolute Gasteiger partial charge is 0.382 e. The van der Waals surface area contributed by atoms with E-state index in [-0.39, 0.29) is 18.0 Å². The predicted molar refractivity (Wildman–Crippen MR) is 133 cm³/mol. The van der Waals surface area contributed by atoms with Crippen LogP contribution in [0, 0.1) is 0 Å². The normalized spacial score (nSPS) is 17.2. The molecular weight excluding hydrogens is 442 g/mol. The molecule has 0 fully saturated rings. The summed E-state index contributed by atoms with van der Waals surface area (Å²) in [6.45, 7) is 4.87. The van der Waals surface area contributed by atoms with Crippen LogP contribution in [0.15, 0.2) is 53.7 Å². The van der Waals surface area contributed by atoms with Crippen LogP contribution in [0.2, 0.25) is 0 Å². The monoisotopic (exact) mass is 471 g/mol. The van der Waals surface area contributed by atoms with Crippen LogP contribution in [0.4, 0.5) is 5.69 Å². The Bertz CT molecular complexity index is 1460. The summed E-state index contributed by atoms with van der Waals surface area (Å²) in [5.74, 6) is 1.80. The van der Waals surface area contributed by atoms with E-state index in [0.29, 0.717) is 32.1 Å². The zero-order valence-electron chi connectivity index (χ0n) is 19.9. The molecule has 0 saturated carbocycles. The van der Waals surface area contributed by atoms with Crippen LogP contribution in [-0.4, -0.2) is 47.1 Å². The van der Waals surface area contributed by atoms with Gasteiger partial charge in [-0.25, -0.2) is 9.97 Å². The molecule has 2 aliphatic heterocycles. The fraction of sp³-hybridized carbons (Fsp3) is 0.385. The highest BCUT2D eigenvalue weighted by molar-refractivity contribution is 5.87. The lowest BCUT2D eigenvalue weighted by atomic mass is 9.98. The standard InChI is InChI=1S/C26H29N7O2/c1-18-5-6-19-20(28-18)7-8-21-26(19)29-22(9-12-31-11-3-2-4-24(31)34)33(21)17-25(35)32-15-14-30-13-10-27-23(30)16-32/h2-4,7-8,10-11,13,18,28H,5-6,9,12,14-17H2,1H3/t18-/m0/s1. The number of aromatic nitrogens is 5. The number of carbonyl (C=O) groups is 1. The second-order valence-electron chi connectivity index (χ2n) is 9.49. The fourth-order valence-electron chi connectivity index (χ4n) is 5.24. The smallest absolute Gasteiger partial charge is 0.250 e. The number of rotatable bonds is 5. The maximum absolute atomic E-state index is 13.4. The number of nitrogens with zero attached hydrogens (tertiary/aromatic N) is 6. The lowest BCUT2D eigenvalue weighted by molar-refractivity contribution is -0.133. The summed E-state index contributed by atoms with van der Waals surface area (Å²) in [5.41, 5.74) is 4.23. The Hall–Kier alpha value is -3.88. The van der Waals surface area contributed by atoms with E-state index in [4.69, 9.17) is 4.98 Å². The molecule has 35 heavy (non-hydrogen) atoms. The molecule has 1 amide bonds. The van der Waals surface area contributed by atoms with Crippen molar-refractivity contribution in [1.29, 1.82) is 0 Å². The number of pyridine rings is 1. The van der Waals surface area contributed by atoms with Gasteiger partial charge in [0.1, 0.15) is 18.2 Å². The van der Waals surface area contributed by atoms with Crippen molar-refractivity contribution in [2.75, 3.05) is 11.9 Å². The van der Waals surface area contributed by atoms with Gasteiger partial charge in [0.25, 0.3) is 5.56 Å². The van der Waals surface area contributed by atoms with E-state index in [1.807, 2.05) is 21.7 Å². The molecule has 0 saturated heterocycles. The zero-order valence-corrected chi connectivity index (χ0v) is 19.9. The van der Waals surface area contributed by atoms with E-state index in [1.165, 1.54) is 5.56 Å². The molecule has 1 aromatic carbocycles. The molecule has 0 unspecified atom stereocenters. The van der Waals surface area contributed by atoms with Crippen LogP contribution in [0.25, 0.3) is 11.0 Å². The average Bonchev–Trinajstić information content (AvgIpc) is 3.47. The molecule has 2 aliphatic rings. The van der Waals surface area contributed by atoms with Crippen molar-refractivity contribution in [2.45, 2.75) is 58.4 Å². The Morgan fingerprint density at radius 1 is 1.17 bits per heavy atom. The third kappa shape index (κ3) is 4.00. The first-order valence-electron chi connectivity index (χ1n) is 12.3. The van der Waals surface area contributed by atoms with Gasteiger partial charge in [-0.15, -0.1) is 0 Å². The summed E-state index contributed by atoms with van der Waals surface area (Å²) in [6.07, 6.45) is 8.11. The van der Waals surface area contributed by atoms with Crippen LogP contribution in [0.3, 0.4) is 0 Å². The number of hydrogen-bond donors (Lipinski definition) is 1. The number of aryl methyl sites for hydroxylation is 3. The van der Waals surface area contributed by atoms with Crippen LogP contribution < -0.4 is 10.9 Å². The summed E-state index contributed by atoms with van der Waals surface area (Å²) < 4.78 is 5.83. The number of amides is 1.